The smallest absolute Gasteiger partial charge is 0.255 e. The number of ether oxygens (including phenoxy) is 1. The number of nitrogens with one attached hydrogen (secondary N) is 2. The lowest BCUT2D eigenvalue weighted by atomic mass is 10.1. The van der Waals surface area contributed by atoms with Gasteiger partial charge in [0.15, 0.2) is 0 Å². The highest BCUT2D eigenvalue weighted by molar-refractivity contribution is 5.99. The van der Waals surface area contributed by atoms with E-state index in [9.17, 15) is 4.79 Å². The highest BCUT2D eigenvalue weighted by Crippen LogP contribution is 2.15. The first kappa shape index (κ1) is 12.8. The van der Waals surface area contributed by atoms with Gasteiger partial charge in [0.25, 0.3) is 5.91 Å². The number of aryl methyl sites for hydroxylation is 1. The lowest BCUT2D eigenvalue weighted by Gasteiger charge is -2.23. The molecule has 1 amide bonds. The fraction of sp³-hybridized carbons (Fsp3) is 0.500. The zero-order valence-corrected chi connectivity index (χ0v) is 10.4. The zero-order chi connectivity index (χ0) is 13.0. The van der Waals surface area contributed by atoms with E-state index in [0.717, 1.165) is 18.5 Å². The van der Waals surface area contributed by atoms with E-state index in [2.05, 4.69) is 15.7 Å². The molecule has 1 saturated heterocycles. The minimum Gasteiger partial charge on any atom is -0.381 e. The maximum Gasteiger partial charge on any atom is 0.255 e. The molecule has 0 spiro atoms. The van der Waals surface area contributed by atoms with Crippen LogP contribution in [0.15, 0.2) is 12.3 Å². The van der Waals surface area contributed by atoms with Crippen LogP contribution < -0.4 is 16.6 Å². The summed E-state index contributed by atoms with van der Waals surface area (Å²) < 4.78 is 5.25. The first-order valence-electron chi connectivity index (χ1n) is 6.02. The quantitative estimate of drug-likeness (QED) is 0.539. The van der Waals surface area contributed by atoms with Gasteiger partial charge in [0, 0.05) is 31.1 Å². The van der Waals surface area contributed by atoms with Gasteiger partial charge in [-0.05, 0) is 25.8 Å². The molecule has 1 aromatic rings. The van der Waals surface area contributed by atoms with E-state index in [4.69, 9.17) is 10.6 Å². The third-order valence-electron chi connectivity index (χ3n) is 3.00. The van der Waals surface area contributed by atoms with Crippen LogP contribution >= 0.6 is 0 Å². The van der Waals surface area contributed by atoms with Crippen molar-refractivity contribution >= 4 is 11.6 Å². The zero-order valence-electron chi connectivity index (χ0n) is 10.4. The Balaban J connectivity index is 2.08. The van der Waals surface area contributed by atoms with Crippen LogP contribution in [0.2, 0.25) is 0 Å². The van der Waals surface area contributed by atoms with Crippen molar-refractivity contribution < 1.29 is 9.53 Å². The van der Waals surface area contributed by atoms with E-state index < -0.39 is 0 Å². The van der Waals surface area contributed by atoms with Gasteiger partial charge in [0.1, 0.15) is 0 Å². The third kappa shape index (κ3) is 2.96. The summed E-state index contributed by atoms with van der Waals surface area (Å²) in [6.07, 6.45) is 3.23. The van der Waals surface area contributed by atoms with Crippen molar-refractivity contribution in [3.8, 4) is 0 Å². The normalized spacial score (nSPS) is 16.3. The minimum absolute atomic E-state index is 0.151. The molecule has 1 fully saturated rings. The summed E-state index contributed by atoms with van der Waals surface area (Å²) in [6, 6.07) is 1.91. The predicted molar refractivity (Wildman–Crippen MR) is 68.1 cm³/mol. The highest BCUT2D eigenvalue weighted by Gasteiger charge is 2.19. The van der Waals surface area contributed by atoms with Crippen LogP contribution in [0.4, 0.5) is 5.69 Å². The molecule has 0 aliphatic carbocycles. The summed E-state index contributed by atoms with van der Waals surface area (Å²) in [5.41, 5.74) is 4.40. The van der Waals surface area contributed by atoms with Gasteiger partial charge in [-0.2, -0.15) is 0 Å². The molecule has 1 aliphatic heterocycles. The lowest BCUT2D eigenvalue weighted by Crippen LogP contribution is -2.39. The topological polar surface area (TPSA) is 89.3 Å². The molecule has 0 bridgehead atoms. The summed E-state index contributed by atoms with van der Waals surface area (Å²) in [4.78, 5) is 16.2. The highest BCUT2D eigenvalue weighted by atomic mass is 16.5. The largest absolute Gasteiger partial charge is 0.381 e. The van der Waals surface area contributed by atoms with Crippen LogP contribution in [-0.4, -0.2) is 30.1 Å². The molecule has 1 aromatic heterocycles. The molecule has 2 heterocycles. The van der Waals surface area contributed by atoms with E-state index in [0.29, 0.717) is 24.5 Å². The molecule has 0 atom stereocenters. The summed E-state index contributed by atoms with van der Waals surface area (Å²) >= 11 is 0. The molecule has 4 N–H and O–H groups in total. The average molecular weight is 250 g/mol. The van der Waals surface area contributed by atoms with Crippen molar-refractivity contribution in [2.75, 3.05) is 18.6 Å². The Morgan fingerprint density at radius 2 is 2.22 bits per heavy atom. The van der Waals surface area contributed by atoms with Gasteiger partial charge < -0.3 is 15.5 Å². The number of carbonyl (C=O) groups excluding carboxylic acids is 1. The second-order valence-electron chi connectivity index (χ2n) is 4.38. The Morgan fingerprint density at radius 1 is 1.50 bits per heavy atom. The number of aromatic nitrogens is 1. The Hall–Kier alpha value is -1.66. The van der Waals surface area contributed by atoms with Crippen LogP contribution in [0.1, 0.15) is 28.9 Å². The van der Waals surface area contributed by atoms with Gasteiger partial charge in [0.05, 0.1) is 11.3 Å². The molecule has 0 radical (unpaired) electrons. The van der Waals surface area contributed by atoms with Crippen LogP contribution in [0, 0.1) is 6.92 Å². The first-order chi connectivity index (χ1) is 8.70. The van der Waals surface area contributed by atoms with Crippen LogP contribution in [0.5, 0.6) is 0 Å². The van der Waals surface area contributed by atoms with Crippen molar-refractivity contribution in [2.45, 2.75) is 25.8 Å². The van der Waals surface area contributed by atoms with Gasteiger partial charge in [-0.25, -0.2) is 0 Å². The molecule has 2 rings (SSSR count). The van der Waals surface area contributed by atoms with Crippen molar-refractivity contribution in [2.24, 2.45) is 5.84 Å². The molecule has 6 nitrogen and oxygen atoms in total. The van der Waals surface area contributed by atoms with E-state index in [1.54, 1.807) is 12.3 Å². The summed E-state index contributed by atoms with van der Waals surface area (Å²) in [5, 5.41) is 2.97. The van der Waals surface area contributed by atoms with Crippen molar-refractivity contribution in [1.29, 1.82) is 0 Å². The number of hydrogen-bond acceptors (Lipinski definition) is 5. The number of hydrazine groups is 1. The Morgan fingerprint density at radius 3 is 2.89 bits per heavy atom. The second-order valence-corrected chi connectivity index (χ2v) is 4.38. The molecule has 98 valence electrons. The van der Waals surface area contributed by atoms with Gasteiger partial charge >= 0.3 is 0 Å². The number of rotatable bonds is 3. The summed E-state index contributed by atoms with van der Waals surface area (Å²) in [7, 11) is 0. The number of pyridine rings is 1. The van der Waals surface area contributed by atoms with Gasteiger partial charge in [-0.1, -0.05) is 0 Å². The Bertz CT molecular complexity index is 430. The summed E-state index contributed by atoms with van der Waals surface area (Å²) in [5.74, 6) is 5.26. The van der Waals surface area contributed by atoms with Gasteiger partial charge in [-0.15, -0.1) is 0 Å². The minimum atomic E-state index is -0.151. The SMILES string of the molecule is Cc1cc(NN)c(C(=O)NC2CCOCC2)cn1. The van der Waals surface area contributed by atoms with Gasteiger partial charge in [0.2, 0.25) is 0 Å². The van der Waals surface area contributed by atoms with Crippen molar-refractivity contribution in [3.05, 3.63) is 23.5 Å². The molecular formula is C12H18N4O2. The third-order valence-corrected chi connectivity index (χ3v) is 3.00. The second kappa shape index (κ2) is 5.79. The summed E-state index contributed by atoms with van der Waals surface area (Å²) in [6.45, 7) is 3.24. The molecule has 18 heavy (non-hydrogen) atoms. The molecule has 0 unspecified atom stereocenters. The number of nitrogens with zero attached hydrogens (tertiary/aromatic N) is 1. The van der Waals surface area contributed by atoms with E-state index in [-0.39, 0.29) is 11.9 Å². The maximum atomic E-state index is 12.1. The molecule has 0 aromatic carbocycles. The monoisotopic (exact) mass is 250 g/mol. The average Bonchev–Trinajstić information content (AvgIpc) is 2.39. The predicted octanol–water partition coefficient (Wildman–Crippen LogP) is 0.584. The van der Waals surface area contributed by atoms with E-state index in [1.807, 2.05) is 6.92 Å². The number of hydrogen-bond donors (Lipinski definition) is 3. The molecule has 1 aliphatic rings. The number of carbonyl (C=O) groups is 1. The van der Waals surface area contributed by atoms with Crippen molar-refractivity contribution in [1.82, 2.24) is 10.3 Å². The first-order valence-corrected chi connectivity index (χ1v) is 6.02. The molecular weight excluding hydrogens is 232 g/mol. The van der Waals surface area contributed by atoms with Crippen LogP contribution in [0.25, 0.3) is 0 Å². The maximum absolute atomic E-state index is 12.1. The number of nitrogen functional groups attached to an aromatic ring is 1. The standard InChI is InChI=1S/C12H18N4O2/c1-8-6-11(16-13)10(7-14-8)12(17)15-9-2-4-18-5-3-9/h6-7,9H,2-5,13H2,1H3,(H,14,16)(H,15,17). The van der Waals surface area contributed by atoms with Crippen molar-refractivity contribution in [3.63, 3.8) is 0 Å². The van der Waals surface area contributed by atoms with E-state index >= 15 is 0 Å². The Kier molecular flexibility index (Phi) is 4.11. The Labute approximate surface area is 106 Å². The number of anilines is 1. The molecule has 6 heteroatoms. The van der Waals surface area contributed by atoms with E-state index in [1.165, 1.54) is 0 Å². The number of amides is 1. The number of nitrogens with two attached hydrogens (primary N) is 1. The van der Waals surface area contributed by atoms with Crippen LogP contribution in [0.3, 0.4) is 0 Å². The molecule has 0 saturated carbocycles. The van der Waals surface area contributed by atoms with Crippen LogP contribution in [-0.2, 0) is 4.74 Å². The fourth-order valence-corrected chi connectivity index (χ4v) is 1.97. The fourth-order valence-electron chi connectivity index (χ4n) is 1.97. The van der Waals surface area contributed by atoms with Gasteiger partial charge in [-0.3, -0.25) is 15.6 Å². The lowest BCUT2D eigenvalue weighted by molar-refractivity contribution is 0.0696.